The van der Waals surface area contributed by atoms with E-state index in [1.165, 1.54) is 18.4 Å². The van der Waals surface area contributed by atoms with Crippen molar-refractivity contribution in [2.24, 2.45) is 0 Å². The first-order valence-corrected chi connectivity index (χ1v) is 6.59. The second-order valence-electron chi connectivity index (χ2n) is 3.90. The predicted octanol–water partition coefficient (Wildman–Crippen LogP) is 1.79. The Labute approximate surface area is 119 Å². The van der Waals surface area contributed by atoms with Gasteiger partial charge in [-0.2, -0.15) is 5.26 Å². The highest BCUT2D eigenvalue weighted by Gasteiger charge is 2.13. The third-order valence-electron chi connectivity index (χ3n) is 2.54. The largest absolute Gasteiger partial charge is 0.495 e. The average molecular weight is 288 g/mol. The molecule has 0 saturated heterocycles. The smallest absolute Gasteiger partial charge is 0.230 e. The molecule has 7 heteroatoms. The van der Waals surface area contributed by atoms with Gasteiger partial charge in [0.1, 0.15) is 17.5 Å². The van der Waals surface area contributed by atoms with Gasteiger partial charge in [0.25, 0.3) is 0 Å². The summed E-state index contributed by atoms with van der Waals surface area (Å²) in [4.78, 5) is 16.0. The summed E-state index contributed by atoms with van der Waals surface area (Å²) in [6, 6.07) is 6.99. The molecule has 2 rings (SSSR count). The van der Waals surface area contributed by atoms with Crippen molar-refractivity contribution in [1.82, 2.24) is 4.98 Å². The second-order valence-corrected chi connectivity index (χ2v) is 4.79. The van der Waals surface area contributed by atoms with Crippen LogP contribution in [-0.2, 0) is 11.2 Å². The number of methoxy groups -OCH3 is 1. The maximum atomic E-state index is 12.0. The van der Waals surface area contributed by atoms with E-state index in [0.717, 1.165) is 0 Å². The van der Waals surface area contributed by atoms with Crippen molar-refractivity contribution in [3.63, 3.8) is 0 Å². The number of thiazole rings is 1. The van der Waals surface area contributed by atoms with Crippen LogP contribution in [0.3, 0.4) is 0 Å². The molecule has 0 aliphatic rings. The Morgan fingerprint density at radius 1 is 1.60 bits per heavy atom. The molecule has 0 aliphatic carbocycles. The number of amides is 1. The summed E-state index contributed by atoms with van der Waals surface area (Å²) in [6.45, 7) is 0. The summed E-state index contributed by atoms with van der Waals surface area (Å²) in [6.07, 6.45) is 0.0939. The molecular formula is C13H12N4O2S. The second kappa shape index (κ2) is 6.04. The molecule has 0 atom stereocenters. The third kappa shape index (κ3) is 3.05. The minimum atomic E-state index is -0.281. The Balaban J connectivity index is 2.17. The van der Waals surface area contributed by atoms with E-state index in [2.05, 4.69) is 10.3 Å². The molecule has 0 bridgehead atoms. The van der Waals surface area contributed by atoms with Crippen LogP contribution in [0.5, 0.6) is 5.75 Å². The number of nitrogens with two attached hydrogens (primary N) is 1. The Hall–Kier alpha value is -2.59. The average Bonchev–Trinajstić information content (AvgIpc) is 2.84. The summed E-state index contributed by atoms with van der Waals surface area (Å²) in [5.41, 5.74) is 6.82. The number of nitrogen functional groups attached to an aromatic ring is 1. The van der Waals surface area contributed by atoms with E-state index in [1.54, 1.807) is 23.6 Å². The van der Waals surface area contributed by atoms with Gasteiger partial charge in [0.2, 0.25) is 5.91 Å². The Morgan fingerprint density at radius 3 is 3.00 bits per heavy atom. The van der Waals surface area contributed by atoms with E-state index in [0.29, 0.717) is 27.8 Å². The van der Waals surface area contributed by atoms with Gasteiger partial charge in [0, 0.05) is 5.38 Å². The van der Waals surface area contributed by atoms with E-state index >= 15 is 0 Å². The minimum Gasteiger partial charge on any atom is -0.495 e. The lowest BCUT2D eigenvalue weighted by atomic mass is 10.1. The normalized spacial score (nSPS) is 9.80. The molecule has 1 aromatic heterocycles. The van der Waals surface area contributed by atoms with Gasteiger partial charge in [0.15, 0.2) is 5.13 Å². The number of para-hydroxylation sites is 1. The monoisotopic (exact) mass is 288 g/mol. The van der Waals surface area contributed by atoms with Crippen LogP contribution in [-0.4, -0.2) is 18.0 Å². The number of carbonyl (C=O) groups is 1. The zero-order valence-electron chi connectivity index (χ0n) is 10.7. The topological polar surface area (TPSA) is 101 Å². The molecule has 1 amide bonds. The minimum absolute atomic E-state index is 0.0939. The number of nitrogens with one attached hydrogen (secondary N) is 1. The van der Waals surface area contributed by atoms with Crippen molar-refractivity contribution >= 4 is 28.1 Å². The van der Waals surface area contributed by atoms with Gasteiger partial charge < -0.3 is 15.8 Å². The number of hydrogen-bond donors (Lipinski definition) is 2. The fourth-order valence-corrected chi connectivity index (χ4v) is 2.24. The van der Waals surface area contributed by atoms with Gasteiger partial charge in [-0.1, -0.05) is 6.07 Å². The summed E-state index contributed by atoms with van der Waals surface area (Å²) >= 11 is 1.28. The summed E-state index contributed by atoms with van der Waals surface area (Å²) in [5, 5.41) is 13.9. The molecule has 3 N–H and O–H groups in total. The van der Waals surface area contributed by atoms with E-state index in [9.17, 15) is 4.79 Å². The molecule has 6 nitrogen and oxygen atoms in total. The van der Waals surface area contributed by atoms with E-state index in [-0.39, 0.29) is 12.3 Å². The lowest BCUT2D eigenvalue weighted by Crippen LogP contribution is -2.16. The maximum absolute atomic E-state index is 12.0. The van der Waals surface area contributed by atoms with Crippen LogP contribution in [0.15, 0.2) is 23.6 Å². The van der Waals surface area contributed by atoms with Gasteiger partial charge in [-0.3, -0.25) is 4.79 Å². The summed E-state index contributed by atoms with van der Waals surface area (Å²) in [5.74, 6) is 0.159. The van der Waals surface area contributed by atoms with E-state index in [4.69, 9.17) is 15.7 Å². The van der Waals surface area contributed by atoms with Crippen molar-refractivity contribution in [2.45, 2.75) is 6.42 Å². The first kappa shape index (κ1) is 13.8. The van der Waals surface area contributed by atoms with Crippen molar-refractivity contribution in [3.8, 4) is 11.8 Å². The van der Waals surface area contributed by atoms with Crippen LogP contribution in [0.2, 0.25) is 0 Å². The van der Waals surface area contributed by atoms with E-state index < -0.39 is 0 Å². The Bertz CT molecular complexity index is 675. The molecule has 0 fully saturated rings. The van der Waals surface area contributed by atoms with Crippen LogP contribution < -0.4 is 15.8 Å². The number of anilines is 2. The van der Waals surface area contributed by atoms with Gasteiger partial charge in [-0.15, -0.1) is 11.3 Å². The highest BCUT2D eigenvalue weighted by Crippen LogP contribution is 2.28. The maximum Gasteiger partial charge on any atom is 0.230 e. The lowest BCUT2D eigenvalue weighted by Gasteiger charge is -2.11. The van der Waals surface area contributed by atoms with Crippen LogP contribution in [0.25, 0.3) is 0 Å². The molecule has 1 aromatic carbocycles. The first-order chi connectivity index (χ1) is 9.63. The molecule has 0 unspecified atom stereocenters. The quantitative estimate of drug-likeness (QED) is 0.893. The molecule has 0 spiro atoms. The van der Waals surface area contributed by atoms with Gasteiger partial charge in [-0.05, 0) is 12.1 Å². The molecule has 20 heavy (non-hydrogen) atoms. The van der Waals surface area contributed by atoms with E-state index in [1.807, 2.05) is 6.07 Å². The number of benzene rings is 1. The van der Waals surface area contributed by atoms with Crippen LogP contribution in [0.1, 0.15) is 11.3 Å². The van der Waals surface area contributed by atoms with Crippen LogP contribution >= 0.6 is 11.3 Å². The number of rotatable bonds is 4. The Kier molecular flexibility index (Phi) is 4.17. The lowest BCUT2D eigenvalue weighted by molar-refractivity contribution is -0.115. The van der Waals surface area contributed by atoms with Gasteiger partial charge in [-0.25, -0.2) is 4.98 Å². The Morgan fingerprint density at radius 2 is 2.40 bits per heavy atom. The zero-order chi connectivity index (χ0) is 14.5. The van der Waals surface area contributed by atoms with Crippen LogP contribution in [0.4, 0.5) is 10.8 Å². The van der Waals surface area contributed by atoms with Crippen molar-refractivity contribution in [3.05, 3.63) is 34.8 Å². The van der Waals surface area contributed by atoms with Crippen LogP contribution in [0, 0.1) is 11.3 Å². The number of nitriles is 1. The number of ether oxygens (including phenoxy) is 1. The molecule has 2 aromatic rings. The standard InChI is InChI=1S/C13H12N4O2S/c1-19-10-4-2-3-8(6-14)12(10)17-11(18)5-9-7-20-13(15)16-9/h2-4,7H,5H2,1H3,(H2,15,16)(H,17,18). The highest BCUT2D eigenvalue weighted by molar-refractivity contribution is 7.13. The van der Waals surface area contributed by atoms with Gasteiger partial charge >= 0.3 is 0 Å². The summed E-state index contributed by atoms with van der Waals surface area (Å²) < 4.78 is 5.14. The highest BCUT2D eigenvalue weighted by atomic mass is 32.1. The summed E-state index contributed by atoms with van der Waals surface area (Å²) in [7, 11) is 1.48. The number of hydrogen-bond acceptors (Lipinski definition) is 6. The van der Waals surface area contributed by atoms with Crippen molar-refractivity contribution in [1.29, 1.82) is 5.26 Å². The predicted molar refractivity (Wildman–Crippen MR) is 76.6 cm³/mol. The molecule has 0 aliphatic heterocycles. The van der Waals surface area contributed by atoms with Crippen molar-refractivity contribution in [2.75, 3.05) is 18.2 Å². The third-order valence-corrected chi connectivity index (χ3v) is 3.26. The van der Waals surface area contributed by atoms with Gasteiger partial charge in [0.05, 0.1) is 24.8 Å². The number of aromatic nitrogens is 1. The molecule has 0 saturated carbocycles. The van der Waals surface area contributed by atoms with Crippen molar-refractivity contribution < 1.29 is 9.53 Å². The fraction of sp³-hybridized carbons (Fsp3) is 0.154. The number of nitrogens with zero attached hydrogens (tertiary/aromatic N) is 2. The molecule has 102 valence electrons. The number of carbonyl (C=O) groups excluding carboxylic acids is 1. The molecule has 1 heterocycles. The molecule has 0 radical (unpaired) electrons. The fourth-order valence-electron chi connectivity index (χ4n) is 1.68. The zero-order valence-corrected chi connectivity index (χ0v) is 11.5. The molecular weight excluding hydrogens is 276 g/mol. The first-order valence-electron chi connectivity index (χ1n) is 5.71. The SMILES string of the molecule is COc1cccc(C#N)c1NC(=O)Cc1csc(N)n1.